The van der Waals surface area contributed by atoms with Crippen LogP contribution in [0.25, 0.3) is 10.8 Å². The van der Waals surface area contributed by atoms with Gasteiger partial charge in [-0.2, -0.15) is 0 Å². The first-order valence-electron chi connectivity index (χ1n) is 20.7. The minimum Gasteiger partial charge on any atom is -0.375 e. The van der Waals surface area contributed by atoms with Crippen LogP contribution in [0.4, 0.5) is 33.3 Å². The zero-order chi connectivity index (χ0) is 42.2. The Hall–Kier alpha value is -6.73. The number of aryl methyl sites for hydroxylation is 2. The summed E-state index contributed by atoms with van der Waals surface area (Å²) < 4.78 is 75.3. The van der Waals surface area contributed by atoms with E-state index in [0.29, 0.717) is 39.1 Å². The number of hydrogen-bond acceptors (Lipinski definition) is 2. The quantitative estimate of drug-likeness (QED) is 0.0948. The monoisotopic (exact) mass is 814 g/mol. The first-order chi connectivity index (χ1) is 29.7. The van der Waals surface area contributed by atoms with Crippen LogP contribution in [0.3, 0.4) is 0 Å². The molecule has 1 aliphatic rings. The Labute approximate surface area is 352 Å². The fourth-order valence-corrected chi connectivity index (χ4v) is 9.33. The van der Waals surface area contributed by atoms with Gasteiger partial charge in [0.05, 0.1) is 12.1 Å². The summed E-state index contributed by atoms with van der Waals surface area (Å²) in [6.45, 7) is 4.29. The molecule has 0 aliphatic heterocycles. The molecule has 7 heteroatoms. The zero-order valence-electron chi connectivity index (χ0n) is 33.7. The molecule has 2 atom stereocenters. The van der Waals surface area contributed by atoms with Crippen LogP contribution in [0.15, 0.2) is 164 Å². The van der Waals surface area contributed by atoms with Crippen LogP contribution >= 0.6 is 0 Å². The van der Waals surface area contributed by atoms with Crippen molar-refractivity contribution >= 4 is 22.1 Å². The van der Waals surface area contributed by atoms with Crippen molar-refractivity contribution in [3.05, 3.63) is 249 Å². The van der Waals surface area contributed by atoms with Crippen molar-refractivity contribution in [2.45, 2.75) is 50.6 Å². The van der Waals surface area contributed by atoms with Crippen LogP contribution in [0.5, 0.6) is 0 Å². The largest absolute Gasteiger partial charge is 0.375 e. The Bertz CT molecular complexity index is 2600. The van der Waals surface area contributed by atoms with Crippen molar-refractivity contribution in [3.63, 3.8) is 0 Å². The van der Waals surface area contributed by atoms with Crippen LogP contribution < -0.4 is 10.6 Å². The minimum atomic E-state index is -0.710. The fraction of sp³-hybridized carbons (Fsp3) is 0.148. The molecule has 0 saturated carbocycles. The summed E-state index contributed by atoms with van der Waals surface area (Å²) in [5.41, 5.74) is 9.83. The third-order valence-electron chi connectivity index (χ3n) is 12.2. The van der Waals surface area contributed by atoms with Gasteiger partial charge in [-0.1, -0.05) is 117 Å². The minimum absolute atomic E-state index is 0.310. The van der Waals surface area contributed by atoms with Crippen LogP contribution in [-0.2, 0) is 12.8 Å². The third-order valence-corrected chi connectivity index (χ3v) is 12.2. The van der Waals surface area contributed by atoms with E-state index in [1.54, 1.807) is 48.5 Å². The molecule has 0 bridgehead atoms. The second-order valence-corrected chi connectivity index (χ2v) is 15.7. The first-order valence-corrected chi connectivity index (χ1v) is 20.7. The maximum atomic E-state index is 16.8. The van der Waals surface area contributed by atoms with E-state index in [1.165, 1.54) is 71.8 Å². The van der Waals surface area contributed by atoms with E-state index < -0.39 is 47.0 Å². The van der Waals surface area contributed by atoms with Gasteiger partial charge in [-0.3, -0.25) is 0 Å². The molecule has 2 nitrogen and oxygen atoms in total. The summed E-state index contributed by atoms with van der Waals surface area (Å²) in [6, 6.07) is 45.5. The Kier molecular flexibility index (Phi) is 10.9. The smallest absolute Gasteiger partial charge is 0.123 e. The summed E-state index contributed by atoms with van der Waals surface area (Å²) in [4.78, 5) is 0. The highest BCUT2D eigenvalue weighted by Crippen LogP contribution is 2.51. The predicted octanol–water partition coefficient (Wildman–Crippen LogP) is 14.3. The maximum Gasteiger partial charge on any atom is 0.123 e. The lowest BCUT2D eigenvalue weighted by Gasteiger charge is -2.33. The molecule has 0 aromatic heterocycles. The first kappa shape index (κ1) is 39.7. The summed E-state index contributed by atoms with van der Waals surface area (Å²) in [5.74, 6) is -3.70. The van der Waals surface area contributed by atoms with Gasteiger partial charge in [-0.05, 0) is 140 Å². The second kappa shape index (κ2) is 16.7. The van der Waals surface area contributed by atoms with Crippen LogP contribution in [-0.4, -0.2) is 0 Å². The number of benzene rings is 8. The van der Waals surface area contributed by atoms with E-state index in [2.05, 4.69) is 73.0 Å². The molecule has 9 rings (SSSR count). The molecule has 0 spiro atoms. The fourth-order valence-electron chi connectivity index (χ4n) is 9.33. The van der Waals surface area contributed by atoms with Crippen molar-refractivity contribution in [1.82, 2.24) is 0 Å². The lowest BCUT2D eigenvalue weighted by Crippen LogP contribution is -2.25. The SMILES string of the molecule is CCc1cccc(CC)c1NC1c2cccc3cccc(c23)C1Nc1c(C(c2ccc(F)cc2)c2ccc(F)cc2)cc(F)cc1C(c1ccc(F)cc1)c1ccc(F)cc1. The Morgan fingerprint density at radius 1 is 0.410 bits per heavy atom. The lowest BCUT2D eigenvalue weighted by molar-refractivity contribution is 0.617. The second-order valence-electron chi connectivity index (χ2n) is 15.7. The van der Waals surface area contributed by atoms with Crippen molar-refractivity contribution < 1.29 is 22.0 Å². The van der Waals surface area contributed by atoms with E-state index in [-0.39, 0.29) is 6.04 Å². The number of nitrogens with one attached hydrogen (secondary N) is 2. The Morgan fingerprint density at radius 2 is 0.754 bits per heavy atom. The molecule has 2 N–H and O–H groups in total. The van der Waals surface area contributed by atoms with E-state index >= 15 is 4.39 Å². The van der Waals surface area contributed by atoms with E-state index in [1.807, 2.05) is 6.07 Å². The van der Waals surface area contributed by atoms with Crippen LogP contribution in [0, 0.1) is 29.1 Å². The normalized spacial score (nSPS) is 14.6. The topological polar surface area (TPSA) is 24.1 Å². The summed E-state index contributed by atoms with van der Waals surface area (Å²) in [5, 5.41) is 10.2. The summed E-state index contributed by atoms with van der Waals surface area (Å²) >= 11 is 0. The highest BCUT2D eigenvalue weighted by atomic mass is 19.1. The van der Waals surface area contributed by atoms with Gasteiger partial charge in [-0.15, -0.1) is 0 Å². The van der Waals surface area contributed by atoms with Crippen molar-refractivity contribution in [1.29, 1.82) is 0 Å². The van der Waals surface area contributed by atoms with Gasteiger partial charge >= 0.3 is 0 Å². The van der Waals surface area contributed by atoms with Gasteiger partial charge in [-0.25, -0.2) is 22.0 Å². The van der Waals surface area contributed by atoms with E-state index in [4.69, 9.17) is 0 Å². The molecular formula is C54H43F5N2. The van der Waals surface area contributed by atoms with Gasteiger partial charge in [0.2, 0.25) is 0 Å². The van der Waals surface area contributed by atoms with Gasteiger partial charge in [0.15, 0.2) is 0 Å². The highest BCUT2D eigenvalue weighted by Gasteiger charge is 2.38. The Balaban J connectivity index is 1.34. The molecule has 0 fully saturated rings. The number of para-hydroxylation sites is 1. The molecule has 0 saturated heterocycles. The van der Waals surface area contributed by atoms with Crippen molar-refractivity contribution in [3.8, 4) is 0 Å². The zero-order valence-corrected chi connectivity index (χ0v) is 33.7. The van der Waals surface area contributed by atoms with Gasteiger partial charge in [0.1, 0.15) is 29.1 Å². The highest BCUT2D eigenvalue weighted by molar-refractivity contribution is 5.93. The number of hydrogen-bond donors (Lipinski definition) is 2. The predicted molar refractivity (Wildman–Crippen MR) is 236 cm³/mol. The molecular weight excluding hydrogens is 772 g/mol. The molecule has 2 unspecified atom stereocenters. The average Bonchev–Trinajstić information content (AvgIpc) is 3.57. The standard InChI is InChI=1S/C54H43F5N2/c1-3-32-8-5-9-33(4-2)51(32)60-53-44-12-6-10-34-11-7-13-45(50(34)44)54(53)61-52-46(48(35-14-22-39(55)23-15-35)36-16-24-40(56)25-17-36)30-43(59)31-47(52)49(37-18-26-41(57)27-19-37)38-20-28-42(58)29-21-38/h5-31,48-49,53-54,60-61H,3-4H2,1-2H3. The molecule has 304 valence electrons. The molecule has 0 amide bonds. The van der Waals surface area contributed by atoms with Crippen LogP contribution in [0.1, 0.15) is 93.4 Å². The summed E-state index contributed by atoms with van der Waals surface area (Å²) in [6.07, 6.45) is 1.64. The lowest BCUT2D eigenvalue weighted by atomic mass is 9.78. The maximum absolute atomic E-state index is 16.8. The van der Waals surface area contributed by atoms with Gasteiger partial charge in [0.25, 0.3) is 0 Å². The number of rotatable bonds is 12. The molecule has 0 radical (unpaired) electrons. The molecule has 61 heavy (non-hydrogen) atoms. The van der Waals surface area contributed by atoms with Crippen molar-refractivity contribution in [2.24, 2.45) is 0 Å². The Morgan fingerprint density at radius 3 is 1.11 bits per heavy atom. The van der Waals surface area contributed by atoms with Gasteiger partial charge in [0, 0.05) is 23.2 Å². The third kappa shape index (κ3) is 7.65. The summed E-state index contributed by atoms with van der Waals surface area (Å²) in [7, 11) is 0. The van der Waals surface area contributed by atoms with Gasteiger partial charge < -0.3 is 10.6 Å². The molecule has 0 heterocycles. The van der Waals surface area contributed by atoms with E-state index in [0.717, 1.165) is 40.4 Å². The number of anilines is 2. The average molecular weight is 815 g/mol. The van der Waals surface area contributed by atoms with E-state index in [9.17, 15) is 17.6 Å². The van der Waals surface area contributed by atoms with Crippen LogP contribution in [0.2, 0.25) is 0 Å². The van der Waals surface area contributed by atoms with Crippen molar-refractivity contribution in [2.75, 3.05) is 10.6 Å². The molecule has 8 aromatic rings. The molecule has 8 aromatic carbocycles. The number of halogens is 5. The molecule has 1 aliphatic carbocycles.